The third-order valence-electron chi connectivity index (χ3n) is 3.24. The van der Waals surface area contributed by atoms with Crippen molar-refractivity contribution in [1.82, 2.24) is 25.1 Å². The van der Waals surface area contributed by atoms with Gasteiger partial charge in [0.1, 0.15) is 5.69 Å². The fraction of sp³-hybridized carbons (Fsp3) is 0.286. The van der Waals surface area contributed by atoms with Gasteiger partial charge in [-0.15, -0.1) is 0 Å². The van der Waals surface area contributed by atoms with Gasteiger partial charge in [-0.2, -0.15) is 4.98 Å². The zero-order chi connectivity index (χ0) is 14.7. The molecule has 7 nitrogen and oxygen atoms in total. The van der Waals surface area contributed by atoms with Crippen LogP contribution >= 0.6 is 0 Å². The fourth-order valence-electron chi connectivity index (χ4n) is 2.13. The molecule has 3 heterocycles. The number of rotatable bonds is 5. The van der Waals surface area contributed by atoms with E-state index in [2.05, 4.69) is 32.0 Å². The van der Waals surface area contributed by atoms with E-state index in [0.717, 1.165) is 23.4 Å². The van der Waals surface area contributed by atoms with Crippen LogP contribution < -0.4 is 5.73 Å². The molecule has 0 aliphatic carbocycles. The summed E-state index contributed by atoms with van der Waals surface area (Å²) in [5.74, 6) is 0.870. The average molecular weight is 284 g/mol. The molecule has 108 valence electrons. The molecule has 0 spiro atoms. The van der Waals surface area contributed by atoms with E-state index in [-0.39, 0.29) is 6.04 Å². The second-order valence-corrected chi connectivity index (χ2v) is 4.71. The van der Waals surface area contributed by atoms with Crippen LogP contribution in [0.3, 0.4) is 0 Å². The zero-order valence-electron chi connectivity index (χ0n) is 11.7. The van der Waals surface area contributed by atoms with Crippen molar-refractivity contribution in [3.8, 4) is 11.5 Å². The number of nitrogens with one attached hydrogen (secondary N) is 1. The molecule has 0 fully saturated rings. The lowest BCUT2D eigenvalue weighted by atomic mass is 10.1. The molecule has 0 aromatic carbocycles. The molecule has 0 amide bonds. The van der Waals surface area contributed by atoms with Crippen LogP contribution in [0.2, 0.25) is 0 Å². The molecule has 0 bridgehead atoms. The molecular formula is C14H16N6O. The standard InChI is InChI=1S/C14H16N6O/c1-2-9-4-3-5-17-12(9)13-19-14(21-20-13)11(15)6-10-7-16-8-18-10/h3-5,7-8,11H,2,6,15H2,1H3,(H,16,18)/t11-/m0/s1. The van der Waals surface area contributed by atoms with Crippen LogP contribution in [0.25, 0.3) is 11.5 Å². The molecule has 3 aromatic heterocycles. The van der Waals surface area contributed by atoms with Crippen molar-refractivity contribution < 1.29 is 4.52 Å². The molecule has 0 saturated carbocycles. The monoisotopic (exact) mass is 284 g/mol. The Balaban J connectivity index is 1.82. The summed E-state index contributed by atoms with van der Waals surface area (Å²) in [4.78, 5) is 15.7. The van der Waals surface area contributed by atoms with Crippen LogP contribution in [-0.2, 0) is 12.8 Å². The smallest absolute Gasteiger partial charge is 0.244 e. The summed E-state index contributed by atoms with van der Waals surface area (Å²) in [5.41, 5.74) is 8.82. The van der Waals surface area contributed by atoms with Crippen LogP contribution in [-0.4, -0.2) is 25.1 Å². The van der Waals surface area contributed by atoms with E-state index in [0.29, 0.717) is 18.1 Å². The van der Waals surface area contributed by atoms with Crippen molar-refractivity contribution in [2.45, 2.75) is 25.8 Å². The van der Waals surface area contributed by atoms with Crippen LogP contribution in [0.1, 0.15) is 30.1 Å². The molecule has 7 heteroatoms. The maximum absolute atomic E-state index is 6.08. The quantitative estimate of drug-likeness (QED) is 0.738. The first kappa shape index (κ1) is 13.4. The average Bonchev–Trinajstić information content (AvgIpc) is 3.18. The molecule has 0 saturated heterocycles. The first-order valence-electron chi connectivity index (χ1n) is 6.78. The highest BCUT2D eigenvalue weighted by Crippen LogP contribution is 2.21. The Morgan fingerprint density at radius 2 is 2.33 bits per heavy atom. The molecule has 3 aromatic rings. The molecule has 21 heavy (non-hydrogen) atoms. The summed E-state index contributed by atoms with van der Waals surface area (Å²) < 4.78 is 5.27. The van der Waals surface area contributed by atoms with Gasteiger partial charge in [0.05, 0.1) is 12.4 Å². The van der Waals surface area contributed by atoms with Crippen molar-refractivity contribution in [2.24, 2.45) is 5.73 Å². The first-order chi connectivity index (χ1) is 10.3. The van der Waals surface area contributed by atoms with Crippen LogP contribution in [0, 0.1) is 0 Å². The number of hydrogen-bond donors (Lipinski definition) is 2. The minimum atomic E-state index is -0.375. The lowest BCUT2D eigenvalue weighted by Gasteiger charge is -2.03. The Labute approximate surface area is 121 Å². The van der Waals surface area contributed by atoms with Crippen LogP contribution in [0.4, 0.5) is 0 Å². The number of nitrogens with zero attached hydrogens (tertiary/aromatic N) is 4. The number of nitrogens with two attached hydrogens (primary N) is 1. The zero-order valence-corrected chi connectivity index (χ0v) is 11.7. The summed E-state index contributed by atoms with van der Waals surface area (Å²) in [6.07, 6.45) is 6.47. The summed E-state index contributed by atoms with van der Waals surface area (Å²) in [6, 6.07) is 3.52. The highest BCUT2D eigenvalue weighted by molar-refractivity contribution is 5.53. The van der Waals surface area contributed by atoms with Crippen LogP contribution in [0.15, 0.2) is 35.4 Å². The van der Waals surface area contributed by atoms with E-state index < -0.39 is 0 Å². The van der Waals surface area contributed by atoms with Gasteiger partial charge in [0.25, 0.3) is 0 Å². The van der Waals surface area contributed by atoms with E-state index in [9.17, 15) is 0 Å². The minimum Gasteiger partial charge on any atom is -0.348 e. The van der Waals surface area contributed by atoms with Gasteiger partial charge in [-0.05, 0) is 18.1 Å². The van der Waals surface area contributed by atoms with E-state index >= 15 is 0 Å². The lowest BCUT2D eigenvalue weighted by molar-refractivity contribution is 0.353. The SMILES string of the molecule is CCc1cccnc1-c1noc([C@@H](N)Cc2cnc[nH]2)n1. The Morgan fingerprint density at radius 3 is 3.10 bits per heavy atom. The number of H-pyrrole nitrogens is 1. The predicted molar refractivity (Wildman–Crippen MR) is 76.1 cm³/mol. The largest absolute Gasteiger partial charge is 0.348 e. The Kier molecular flexibility index (Phi) is 3.74. The fourth-order valence-corrected chi connectivity index (χ4v) is 2.13. The van der Waals surface area contributed by atoms with Gasteiger partial charge in [-0.1, -0.05) is 18.1 Å². The predicted octanol–water partition coefficient (Wildman–Crippen LogP) is 1.66. The van der Waals surface area contributed by atoms with Gasteiger partial charge in [-0.3, -0.25) is 4.98 Å². The maximum Gasteiger partial charge on any atom is 0.244 e. The highest BCUT2D eigenvalue weighted by Gasteiger charge is 2.18. The second-order valence-electron chi connectivity index (χ2n) is 4.71. The summed E-state index contributed by atoms with van der Waals surface area (Å²) in [6.45, 7) is 2.06. The van der Waals surface area contributed by atoms with Crippen molar-refractivity contribution in [3.63, 3.8) is 0 Å². The number of aromatic nitrogens is 5. The normalized spacial score (nSPS) is 12.5. The van der Waals surface area contributed by atoms with Crippen molar-refractivity contribution in [3.05, 3.63) is 48.0 Å². The number of pyridine rings is 1. The molecule has 0 unspecified atom stereocenters. The molecule has 0 radical (unpaired) electrons. The summed E-state index contributed by atoms with van der Waals surface area (Å²) >= 11 is 0. The number of aromatic amines is 1. The molecule has 0 aliphatic rings. The molecule has 0 aliphatic heterocycles. The second kappa shape index (κ2) is 5.84. The number of aryl methyl sites for hydroxylation is 1. The van der Waals surface area contributed by atoms with E-state index in [1.165, 1.54) is 0 Å². The van der Waals surface area contributed by atoms with Gasteiger partial charge >= 0.3 is 0 Å². The van der Waals surface area contributed by atoms with Crippen LogP contribution in [0.5, 0.6) is 0 Å². The van der Waals surface area contributed by atoms with E-state index in [4.69, 9.17) is 10.3 Å². The topological polar surface area (TPSA) is 107 Å². The molecule has 1 atom stereocenters. The Morgan fingerprint density at radius 1 is 1.43 bits per heavy atom. The van der Waals surface area contributed by atoms with E-state index in [1.54, 1.807) is 18.7 Å². The van der Waals surface area contributed by atoms with Gasteiger partial charge in [-0.25, -0.2) is 4.98 Å². The van der Waals surface area contributed by atoms with Gasteiger partial charge in [0.15, 0.2) is 0 Å². The van der Waals surface area contributed by atoms with Gasteiger partial charge in [0.2, 0.25) is 11.7 Å². The highest BCUT2D eigenvalue weighted by atomic mass is 16.5. The summed E-state index contributed by atoms with van der Waals surface area (Å²) in [7, 11) is 0. The summed E-state index contributed by atoms with van der Waals surface area (Å²) in [5, 5.41) is 3.99. The Bertz CT molecular complexity index is 706. The minimum absolute atomic E-state index is 0.375. The van der Waals surface area contributed by atoms with Crippen molar-refractivity contribution >= 4 is 0 Å². The number of hydrogen-bond acceptors (Lipinski definition) is 6. The lowest BCUT2D eigenvalue weighted by Crippen LogP contribution is -2.14. The molecular weight excluding hydrogens is 268 g/mol. The number of imidazole rings is 1. The first-order valence-corrected chi connectivity index (χ1v) is 6.78. The van der Waals surface area contributed by atoms with Crippen molar-refractivity contribution in [1.29, 1.82) is 0 Å². The molecule has 3 rings (SSSR count). The Hall–Kier alpha value is -2.54. The van der Waals surface area contributed by atoms with Gasteiger partial charge < -0.3 is 15.2 Å². The third-order valence-corrected chi connectivity index (χ3v) is 3.24. The maximum atomic E-state index is 6.08. The van der Waals surface area contributed by atoms with Crippen molar-refractivity contribution in [2.75, 3.05) is 0 Å². The third kappa shape index (κ3) is 2.82. The molecule has 3 N–H and O–H groups in total. The van der Waals surface area contributed by atoms with E-state index in [1.807, 2.05) is 12.1 Å². The van der Waals surface area contributed by atoms with Gasteiger partial charge in [0, 0.05) is 24.5 Å².